The molecule has 0 aliphatic carbocycles. The van der Waals surface area contributed by atoms with Crippen LogP contribution in [0.4, 0.5) is 0 Å². The first-order valence-electron chi connectivity index (χ1n) is 6.35. The molecule has 0 bridgehead atoms. The van der Waals surface area contributed by atoms with Crippen molar-refractivity contribution in [3.8, 4) is 17.6 Å². The average molecular weight is 274 g/mol. The summed E-state index contributed by atoms with van der Waals surface area (Å²) in [7, 11) is 0. The minimum absolute atomic E-state index is 0.435. The Morgan fingerprint density at radius 1 is 1.35 bits per heavy atom. The maximum absolute atomic E-state index is 10.7. The van der Waals surface area contributed by atoms with Gasteiger partial charge in [-0.05, 0) is 37.1 Å². The zero-order valence-corrected chi connectivity index (χ0v) is 11.5. The Kier molecular flexibility index (Phi) is 6.11. The Hall–Kier alpha value is -2.48. The number of carboxylic acid groups (broad SMARTS) is 1. The molecule has 5 nitrogen and oxygen atoms in total. The molecule has 0 aliphatic rings. The van der Waals surface area contributed by atoms with Gasteiger partial charge < -0.3 is 19.4 Å². The van der Waals surface area contributed by atoms with E-state index in [0.717, 1.165) is 6.42 Å². The summed E-state index contributed by atoms with van der Waals surface area (Å²) in [5.74, 6) is -0.389. The van der Waals surface area contributed by atoms with Gasteiger partial charge in [0.25, 0.3) is 0 Å². The lowest BCUT2D eigenvalue weighted by atomic mass is 10.1. The molecule has 1 rings (SSSR count). The van der Waals surface area contributed by atoms with Crippen LogP contribution in [-0.4, -0.2) is 19.2 Å². The van der Waals surface area contributed by atoms with Crippen molar-refractivity contribution >= 4 is 12.0 Å². The van der Waals surface area contributed by atoms with Crippen molar-refractivity contribution in [1.29, 1.82) is 5.26 Å². The monoisotopic (exact) mass is 274 g/mol. The summed E-state index contributed by atoms with van der Waals surface area (Å²) >= 11 is 0. The predicted octanol–water partition coefficient (Wildman–Crippen LogP) is 1.53. The Labute approximate surface area is 118 Å². The number of hydrogen-bond acceptors (Lipinski definition) is 5. The van der Waals surface area contributed by atoms with E-state index in [9.17, 15) is 9.90 Å². The lowest BCUT2D eigenvalue weighted by molar-refractivity contribution is -0.298. The number of carbonyl (C=O) groups excluding carboxylic acids is 1. The number of rotatable bonds is 7. The molecule has 1 aromatic rings. The molecule has 0 heterocycles. The van der Waals surface area contributed by atoms with Crippen molar-refractivity contribution in [3.05, 3.63) is 29.3 Å². The number of benzene rings is 1. The summed E-state index contributed by atoms with van der Waals surface area (Å²) in [6, 6.07) is 6.56. The fourth-order valence-corrected chi connectivity index (χ4v) is 1.52. The van der Waals surface area contributed by atoms with E-state index in [-0.39, 0.29) is 0 Å². The second kappa shape index (κ2) is 7.85. The minimum atomic E-state index is -1.50. The molecule has 0 saturated carbocycles. The fourth-order valence-electron chi connectivity index (χ4n) is 1.52. The van der Waals surface area contributed by atoms with Crippen molar-refractivity contribution in [3.63, 3.8) is 0 Å². The average Bonchev–Trinajstić information content (AvgIpc) is 2.43. The van der Waals surface area contributed by atoms with Crippen molar-refractivity contribution in [1.82, 2.24) is 0 Å². The van der Waals surface area contributed by atoms with E-state index in [1.165, 1.54) is 6.08 Å². The normalized spacial score (nSPS) is 10.8. The molecule has 0 aliphatic heterocycles. The molecule has 0 radical (unpaired) electrons. The van der Waals surface area contributed by atoms with Gasteiger partial charge in [0, 0.05) is 0 Å². The molecule has 0 saturated heterocycles. The summed E-state index contributed by atoms with van der Waals surface area (Å²) in [4.78, 5) is 10.7. The molecule has 5 heteroatoms. The predicted molar refractivity (Wildman–Crippen MR) is 72.0 cm³/mol. The molecule has 106 valence electrons. The third-order valence-electron chi connectivity index (χ3n) is 2.38. The molecule has 0 atom stereocenters. The first kappa shape index (κ1) is 15.6. The van der Waals surface area contributed by atoms with Crippen molar-refractivity contribution in [2.24, 2.45) is 0 Å². The summed E-state index contributed by atoms with van der Waals surface area (Å²) in [6.45, 7) is 4.86. The molecule has 0 fully saturated rings. The molecule has 20 heavy (non-hydrogen) atoms. The lowest BCUT2D eigenvalue weighted by Gasteiger charge is -2.12. The van der Waals surface area contributed by atoms with Crippen LogP contribution in [0.2, 0.25) is 0 Å². The van der Waals surface area contributed by atoms with E-state index in [1.54, 1.807) is 24.3 Å². The van der Waals surface area contributed by atoms with E-state index in [0.29, 0.717) is 30.3 Å². The van der Waals surface area contributed by atoms with Crippen LogP contribution in [0, 0.1) is 11.3 Å². The zero-order valence-electron chi connectivity index (χ0n) is 11.5. The highest BCUT2D eigenvalue weighted by atomic mass is 16.5. The summed E-state index contributed by atoms with van der Waals surface area (Å²) in [5.41, 5.74) is 0.104. The van der Waals surface area contributed by atoms with E-state index in [4.69, 9.17) is 14.7 Å². The van der Waals surface area contributed by atoms with Crippen LogP contribution in [0.1, 0.15) is 25.8 Å². The van der Waals surface area contributed by atoms with Crippen molar-refractivity contribution < 1.29 is 19.4 Å². The number of ether oxygens (including phenoxy) is 2. The quantitative estimate of drug-likeness (QED) is 0.556. The number of aliphatic carboxylic acids is 1. The number of nitriles is 1. The van der Waals surface area contributed by atoms with Gasteiger partial charge in [-0.25, -0.2) is 0 Å². The maximum atomic E-state index is 10.7. The first-order chi connectivity index (χ1) is 9.62. The summed E-state index contributed by atoms with van der Waals surface area (Å²) < 4.78 is 11.0. The number of hydrogen-bond donors (Lipinski definition) is 0. The van der Waals surface area contributed by atoms with Gasteiger partial charge in [0.1, 0.15) is 6.07 Å². The Bertz CT molecular complexity index is 543. The molecule has 0 spiro atoms. The van der Waals surface area contributed by atoms with Gasteiger partial charge in [-0.1, -0.05) is 13.0 Å². The Morgan fingerprint density at radius 2 is 2.10 bits per heavy atom. The second-order valence-corrected chi connectivity index (χ2v) is 3.94. The van der Waals surface area contributed by atoms with Crippen LogP contribution in [0.25, 0.3) is 6.08 Å². The van der Waals surface area contributed by atoms with Gasteiger partial charge in [-0.2, -0.15) is 5.26 Å². The van der Waals surface area contributed by atoms with Gasteiger partial charge in [0.05, 0.1) is 24.8 Å². The van der Waals surface area contributed by atoms with E-state index >= 15 is 0 Å². The molecule has 0 N–H and O–H groups in total. The molecule has 1 aromatic carbocycles. The first-order valence-corrected chi connectivity index (χ1v) is 6.35. The molecule has 0 aromatic heterocycles. The maximum Gasteiger partial charge on any atom is 0.161 e. The van der Waals surface area contributed by atoms with Crippen LogP contribution in [-0.2, 0) is 4.79 Å². The van der Waals surface area contributed by atoms with Gasteiger partial charge in [-0.15, -0.1) is 0 Å². The highest BCUT2D eigenvalue weighted by Crippen LogP contribution is 2.29. The third kappa shape index (κ3) is 4.32. The third-order valence-corrected chi connectivity index (χ3v) is 2.38. The van der Waals surface area contributed by atoms with Gasteiger partial charge in [0.2, 0.25) is 0 Å². The Morgan fingerprint density at radius 3 is 2.65 bits per heavy atom. The largest absolute Gasteiger partial charge is 0.544 e. The SMILES string of the molecule is CCCOc1ccc(/C=C(\C#N)C(=O)[O-])cc1OCC. The van der Waals surface area contributed by atoms with Crippen LogP contribution >= 0.6 is 0 Å². The van der Waals surface area contributed by atoms with Gasteiger partial charge >= 0.3 is 0 Å². The number of carbonyl (C=O) groups is 1. The van der Waals surface area contributed by atoms with Crippen LogP contribution in [0.15, 0.2) is 23.8 Å². The van der Waals surface area contributed by atoms with Crippen LogP contribution in [0.3, 0.4) is 0 Å². The number of carboxylic acids is 1. The van der Waals surface area contributed by atoms with E-state index in [2.05, 4.69) is 0 Å². The van der Waals surface area contributed by atoms with Crippen molar-refractivity contribution in [2.45, 2.75) is 20.3 Å². The molecular formula is C15H16NO4-. The summed E-state index contributed by atoms with van der Waals surface area (Å²) in [6.07, 6.45) is 2.11. The minimum Gasteiger partial charge on any atom is -0.544 e. The number of nitrogens with zero attached hydrogens (tertiary/aromatic N) is 1. The van der Waals surface area contributed by atoms with Crippen molar-refractivity contribution in [2.75, 3.05) is 13.2 Å². The van der Waals surface area contributed by atoms with E-state index in [1.807, 2.05) is 13.8 Å². The van der Waals surface area contributed by atoms with Gasteiger partial charge in [0.15, 0.2) is 11.5 Å². The van der Waals surface area contributed by atoms with E-state index < -0.39 is 11.5 Å². The topological polar surface area (TPSA) is 82.4 Å². The van der Waals surface area contributed by atoms with Crippen LogP contribution in [0.5, 0.6) is 11.5 Å². The highest BCUT2D eigenvalue weighted by Gasteiger charge is 2.06. The Balaban J connectivity index is 3.09. The van der Waals surface area contributed by atoms with Crippen LogP contribution < -0.4 is 14.6 Å². The highest BCUT2D eigenvalue weighted by molar-refractivity contribution is 5.95. The second-order valence-electron chi connectivity index (χ2n) is 3.94. The zero-order chi connectivity index (χ0) is 15.0. The molecule has 0 amide bonds. The molecular weight excluding hydrogens is 258 g/mol. The summed E-state index contributed by atoms with van der Waals surface area (Å²) in [5, 5.41) is 19.4. The fraction of sp³-hybridized carbons (Fsp3) is 0.333. The smallest absolute Gasteiger partial charge is 0.161 e. The van der Waals surface area contributed by atoms with Gasteiger partial charge in [-0.3, -0.25) is 0 Å². The lowest BCUT2D eigenvalue weighted by Crippen LogP contribution is -2.23. The molecule has 0 unspecified atom stereocenters. The standard InChI is InChI=1S/C15H17NO4/c1-3-7-20-13-6-5-11(9-14(13)19-4-2)8-12(10-16)15(17)18/h5-6,8-9H,3-4,7H2,1-2H3,(H,17,18)/p-1/b12-8+.